The Labute approximate surface area is 97.0 Å². The van der Waals surface area contributed by atoms with Crippen molar-refractivity contribution in [3.63, 3.8) is 0 Å². The summed E-state index contributed by atoms with van der Waals surface area (Å²) in [6, 6.07) is -1.29. The van der Waals surface area contributed by atoms with E-state index in [1.807, 2.05) is 0 Å². The van der Waals surface area contributed by atoms with Crippen molar-refractivity contribution < 1.29 is 22.0 Å². The van der Waals surface area contributed by atoms with Gasteiger partial charge in [0, 0.05) is 4.88 Å². The maximum absolute atomic E-state index is 12.9. The summed E-state index contributed by atoms with van der Waals surface area (Å²) in [5.74, 6) is -4.96. The molecule has 0 spiro atoms. The lowest BCUT2D eigenvalue weighted by Crippen LogP contribution is -2.45. The molecule has 1 unspecified atom stereocenters. The van der Waals surface area contributed by atoms with Crippen molar-refractivity contribution in [2.75, 3.05) is 0 Å². The van der Waals surface area contributed by atoms with Crippen molar-refractivity contribution in [3.8, 4) is 0 Å². The van der Waals surface area contributed by atoms with Gasteiger partial charge in [-0.3, -0.25) is 0 Å². The third-order valence-electron chi connectivity index (χ3n) is 1.95. The molecular weight excluding hydrogens is 273 g/mol. The molecule has 0 amide bonds. The molecule has 0 saturated heterocycles. The van der Waals surface area contributed by atoms with Crippen molar-refractivity contribution in [2.24, 2.45) is 5.73 Å². The Balaban J connectivity index is 3.07. The van der Waals surface area contributed by atoms with Crippen LogP contribution in [-0.4, -0.2) is 12.1 Å². The molecule has 1 heterocycles. The van der Waals surface area contributed by atoms with Gasteiger partial charge in [0.25, 0.3) is 0 Å². The quantitative estimate of drug-likeness (QED) is 0.816. The van der Waals surface area contributed by atoms with Crippen LogP contribution in [0.15, 0.2) is 6.07 Å². The van der Waals surface area contributed by atoms with Crippen LogP contribution in [-0.2, 0) is 0 Å². The highest BCUT2D eigenvalue weighted by Gasteiger charge is 2.62. The minimum Gasteiger partial charge on any atom is -0.318 e. The summed E-state index contributed by atoms with van der Waals surface area (Å²) in [4.78, 5) is -0.287. The van der Waals surface area contributed by atoms with E-state index in [0.29, 0.717) is 16.9 Å². The van der Waals surface area contributed by atoms with Gasteiger partial charge in [0.15, 0.2) is 0 Å². The predicted molar refractivity (Wildman–Crippen MR) is 52.0 cm³/mol. The Morgan fingerprint density at radius 3 is 2.12 bits per heavy atom. The zero-order chi connectivity index (χ0) is 12.7. The number of hydrogen-bond acceptors (Lipinski definition) is 2. The van der Waals surface area contributed by atoms with Crippen LogP contribution >= 0.6 is 22.9 Å². The van der Waals surface area contributed by atoms with E-state index in [1.165, 1.54) is 6.92 Å². The molecule has 1 aromatic rings. The fourth-order valence-electron chi connectivity index (χ4n) is 0.992. The van der Waals surface area contributed by atoms with Crippen LogP contribution in [0.3, 0.4) is 0 Å². The van der Waals surface area contributed by atoms with Gasteiger partial charge in [-0.1, -0.05) is 11.6 Å². The Morgan fingerprint density at radius 1 is 1.31 bits per heavy atom. The van der Waals surface area contributed by atoms with E-state index < -0.39 is 18.1 Å². The molecule has 0 bridgehead atoms. The minimum absolute atomic E-state index is 0.156. The second-order valence-corrected chi connectivity index (χ2v) is 4.89. The fourth-order valence-corrected chi connectivity index (χ4v) is 2.25. The minimum atomic E-state index is -5.67. The van der Waals surface area contributed by atoms with E-state index in [-0.39, 0.29) is 9.21 Å². The highest BCUT2D eigenvalue weighted by molar-refractivity contribution is 7.16. The van der Waals surface area contributed by atoms with E-state index in [1.54, 1.807) is 0 Å². The largest absolute Gasteiger partial charge is 0.455 e. The van der Waals surface area contributed by atoms with Gasteiger partial charge < -0.3 is 5.73 Å². The number of thiophene rings is 1. The zero-order valence-electron chi connectivity index (χ0n) is 7.91. The summed E-state index contributed by atoms with van der Waals surface area (Å²) in [6.07, 6.45) is -5.67. The zero-order valence-corrected chi connectivity index (χ0v) is 9.48. The fraction of sp³-hybridized carbons (Fsp3) is 0.500. The number of rotatable bonds is 2. The van der Waals surface area contributed by atoms with E-state index in [2.05, 4.69) is 0 Å². The van der Waals surface area contributed by atoms with E-state index in [0.717, 1.165) is 6.07 Å². The Hall–Kier alpha value is -0.400. The molecule has 0 radical (unpaired) electrons. The summed E-state index contributed by atoms with van der Waals surface area (Å²) in [6.45, 7) is 1.50. The normalized spacial score (nSPS) is 15.2. The number of aryl methyl sites for hydroxylation is 1. The maximum Gasteiger partial charge on any atom is 0.455 e. The van der Waals surface area contributed by atoms with Crippen molar-refractivity contribution in [2.45, 2.75) is 25.1 Å². The van der Waals surface area contributed by atoms with Crippen LogP contribution in [0.5, 0.6) is 0 Å². The van der Waals surface area contributed by atoms with Gasteiger partial charge >= 0.3 is 12.1 Å². The van der Waals surface area contributed by atoms with Crippen LogP contribution in [0.25, 0.3) is 0 Å². The molecule has 0 aliphatic heterocycles. The average Bonchev–Trinajstić information content (AvgIpc) is 2.43. The summed E-state index contributed by atoms with van der Waals surface area (Å²) in [5.41, 5.74) is 5.35. The van der Waals surface area contributed by atoms with Gasteiger partial charge in [-0.25, -0.2) is 0 Å². The Bertz CT molecular complexity index is 367. The lowest BCUT2D eigenvalue weighted by Gasteiger charge is -2.24. The molecular formula is C8H7ClF5NS. The molecule has 0 aliphatic carbocycles. The number of halogens is 6. The Morgan fingerprint density at radius 2 is 1.81 bits per heavy atom. The summed E-state index contributed by atoms with van der Waals surface area (Å²) in [7, 11) is 0. The van der Waals surface area contributed by atoms with Gasteiger partial charge in [-0.05, 0) is 18.6 Å². The second kappa shape index (κ2) is 4.12. The predicted octanol–water partition coefficient (Wildman–Crippen LogP) is 3.91. The lowest BCUT2D eigenvalue weighted by atomic mass is 10.1. The third-order valence-corrected chi connectivity index (χ3v) is 3.59. The molecule has 1 aromatic heterocycles. The van der Waals surface area contributed by atoms with Crippen molar-refractivity contribution in [3.05, 3.63) is 20.8 Å². The maximum atomic E-state index is 12.9. The van der Waals surface area contributed by atoms with Gasteiger partial charge in [0.05, 0.1) is 4.34 Å². The monoisotopic (exact) mass is 279 g/mol. The van der Waals surface area contributed by atoms with E-state index >= 15 is 0 Å². The molecule has 0 fully saturated rings. The molecule has 0 saturated carbocycles. The van der Waals surface area contributed by atoms with Gasteiger partial charge in [-0.15, -0.1) is 11.3 Å². The summed E-state index contributed by atoms with van der Waals surface area (Å²) >= 11 is 6.20. The smallest absolute Gasteiger partial charge is 0.318 e. The van der Waals surface area contributed by atoms with Gasteiger partial charge in [-0.2, -0.15) is 22.0 Å². The van der Waals surface area contributed by atoms with Crippen molar-refractivity contribution in [1.82, 2.24) is 0 Å². The van der Waals surface area contributed by atoms with Crippen molar-refractivity contribution >= 4 is 22.9 Å². The van der Waals surface area contributed by atoms with Gasteiger partial charge in [0.2, 0.25) is 0 Å². The average molecular weight is 280 g/mol. The number of hydrogen-bond donors (Lipinski definition) is 1. The standard InChI is InChI=1S/C8H7ClF5NS/c1-3-2-4(16-6(3)9)5(15)7(10,11)8(12,13)14/h2,5H,15H2,1H3. The van der Waals surface area contributed by atoms with Crippen molar-refractivity contribution in [1.29, 1.82) is 0 Å². The topological polar surface area (TPSA) is 26.0 Å². The SMILES string of the molecule is Cc1cc(C(N)C(F)(F)C(F)(F)F)sc1Cl. The number of alkyl halides is 5. The van der Waals surface area contributed by atoms with Crippen LogP contribution in [0.4, 0.5) is 22.0 Å². The summed E-state index contributed by atoms with van der Waals surface area (Å²) in [5, 5.41) is 0. The first-order valence-corrected chi connectivity index (χ1v) is 5.22. The molecule has 8 heteroatoms. The number of nitrogens with two attached hydrogens (primary N) is 1. The molecule has 1 rings (SSSR count). The van der Waals surface area contributed by atoms with Gasteiger partial charge in [0.1, 0.15) is 6.04 Å². The first-order chi connectivity index (χ1) is 7.07. The highest BCUT2D eigenvalue weighted by Crippen LogP contribution is 2.45. The molecule has 1 nitrogen and oxygen atoms in total. The molecule has 2 N–H and O–H groups in total. The second-order valence-electron chi connectivity index (χ2n) is 3.20. The highest BCUT2D eigenvalue weighted by atomic mass is 35.5. The molecule has 92 valence electrons. The van der Waals surface area contributed by atoms with Crippen LogP contribution in [0.1, 0.15) is 16.5 Å². The first-order valence-electron chi connectivity index (χ1n) is 4.03. The van der Waals surface area contributed by atoms with Crippen LogP contribution in [0, 0.1) is 6.92 Å². The van der Waals surface area contributed by atoms with Crippen LogP contribution in [0.2, 0.25) is 4.34 Å². The molecule has 0 aliphatic rings. The first kappa shape index (κ1) is 13.7. The molecule has 1 atom stereocenters. The van der Waals surface area contributed by atoms with E-state index in [4.69, 9.17) is 17.3 Å². The third kappa shape index (κ3) is 2.31. The molecule has 0 aromatic carbocycles. The van der Waals surface area contributed by atoms with E-state index in [9.17, 15) is 22.0 Å². The van der Waals surface area contributed by atoms with Crippen LogP contribution < -0.4 is 5.73 Å². The molecule has 16 heavy (non-hydrogen) atoms. The lowest BCUT2D eigenvalue weighted by molar-refractivity contribution is -0.290. The summed E-state index contributed by atoms with van der Waals surface area (Å²) < 4.78 is 61.9. The Kier molecular flexibility index (Phi) is 3.52.